The Labute approximate surface area is 124 Å². The first-order valence-corrected chi connectivity index (χ1v) is 7.86. The van der Waals surface area contributed by atoms with E-state index in [0.29, 0.717) is 22.9 Å². The van der Waals surface area contributed by atoms with Crippen molar-refractivity contribution < 1.29 is 4.79 Å². The van der Waals surface area contributed by atoms with E-state index in [-0.39, 0.29) is 5.91 Å². The fraction of sp³-hybridized carbons (Fsp3) is 0.467. The van der Waals surface area contributed by atoms with Gasteiger partial charge in [0.2, 0.25) is 5.91 Å². The van der Waals surface area contributed by atoms with Gasteiger partial charge in [0, 0.05) is 42.7 Å². The van der Waals surface area contributed by atoms with Gasteiger partial charge in [0.15, 0.2) is 0 Å². The summed E-state index contributed by atoms with van der Waals surface area (Å²) in [5, 5.41) is 12.3. The van der Waals surface area contributed by atoms with Crippen LogP contribution in [0.5, 0.6) is 0 Å². The fourth-order valence-electron chi connectivity index (χ4n) is 2.24. The van der Waals surface area contributed by atoms with Crippen molar-refractivity contribution in [3.63, 3.8) is 0 Å². The topological polar surface area (TPSA) is 56.1 Å². The van der Waals surface area contributed by atoms with E-state index in [1.165, 1.54) is 0 Å². The molecule has 1 aromatic carbocycles. The van der Waals surface area contributed by atoms with Gasteiger partial charge in [-0.05, 0) is 18.2 Å². The van der Waals surface area contributed by atoms with Crippen LogP contribution in [0.25, 0.3) is 0 Å². The van der Waals surface area contributed by atoms with Crippen molar-refractivity contribution in [1.29, 1.82) is 5.26 Å². The third-order valence-corrected chi connectivity index (χ3v) is 4.39. The van der Waals surface area contributed by atoms with Gasteiger partial charge in [-0.2, -0.15) is 17.0 Å². The van der Waals surface area contributed by atoms with Gasteiger partial charge in [-0.15, -0.1) is 0 Å². The number of nitriles is 1. The minimum atomic E-state index is 0.00553. The predicted molar refractivity (Wildman–Crippen MR) is 82.8 cm³/mol. The Morgan fingerprint density at radius 1 is 1.60 bits per heavy atom. The van der Waals surface area contributed by atoms with Crippen molar-refractivity contribution in [2.45, 2.75) is 18.6 Å². The van der Waals surface area contributed by atoms with Crippen LogP contribution < -0.4 is 5.32 Å². The second-order valence-electron chi connectivity index (χ2n) is 4.97. The second kappa shape index (κ2) is 7.32. The molecule has 1 saturated heterocycles. The summed E-state index contributed by atoms with van der Waals surface area (Å²) >= 11 is 1.99. The van der Waals surface area contributed by atoms with Gasteiger partial charge < -0.3 is 10.2 Å². The summed E-state index contributed by atoms with van der Waals surface area (Å²) in [7, 11) is 0. The van der Waals surface area contributed by atoms with Crippen molar-refractivity contribution in [2.75, 3.05) is 30.7 Å². The number of nitrogens with one attached hydrogen (secondary N) is 1. The largest absolute Gasteiger partial charge is 0.326 e. The molecule has 1 N–H and O–H groups in total. The van der Waals surface area contributed by atoms with Crippen LogP contribution in [-0.2, 0) is 4.79 Å². The first-order valence-electron chi connectivity index (χ1n) is 6.81. The van der Waals surface area contributed by atoms with Crippen LogP contribution in [0.4, 0.5) is 5.69 Å². The number of thioether (sulfide) groups is 1. The highest BCUT2D eigenvalue weighted by molar-refractivity contribution is 7.99. The zero-order valence-corrected chi connectivity index (χ0v) is 12.4. The summed E-state index contributed by atoms with van der Waals surface area (Å²) in [5.41, 5.74) is 1.25. The Morgan fingerprint density at radius 3 is 3.20 bits per heavy atom. The summed E-state index contributed by atoms with van der Waals surface area (Å²) in [6.45, 7) is 5.15. The van der Waals surface area contributed by atoms with Crippen molar-refractivity contribution in [3.8, 4) is 6.07 Å². The molecule has 1 aliphatic heterocycles. The maximum Gasteiger partial charge on any atom is 0.225 e. The molecule has 0 radical (unpaired) electrons. The smallest absolute Gasteiger partial charge is 0.225 e. The second-order valence-corrected chi connectivity index (χ2v) is 6.52. The minimum absolute atomic E-state index is 0.00553. The summed E-state index contributed by atoms with van der Waals surface area (Å²) in [5.74, 6) is 1.15. The Hall–Kier alpha value is -1.51. The number of amides is 1. The van der Waals surface area contributed by atoms with Crippen LogP contribution in [0.15, 0.2) is 24.3 Å². The molecule has 0 aromatic heterocycles. The van der Waals surface area contributed by atoms with E-state index in [1.54, 1.807) is 24.3 Å². The van der Waals surface area contributed by atoms with E-state index in [2.05, 4.69) is 23.2 Å². The van der Waals surface area contributed by atoms with Crippen molar-refractivity contribution in [2.24, 2.45) is 0 Å². The lowest BCUT2D eigenvalue weighted by Gasteiger charge is -2.30. The molecule has 0 aliphatic carbocycles. The van der Waals surface area contributed by atoms with Gasteiger partial charge in [0.25, 0.3) is 0 Å². The molecule has 1 heterocycles. The van der Waals surface area contributed by atoms with Gasteiger partial charge in [-0.3, -0.25) is 4.79 Å². The Balaban J connectivity index is 1.79. The Kier molecular flexibility index (Phi) is 5.45. The van der Waals surface area contributed by atoms with Crippen LogP contribution in [0, 0.1) is 11.3 Å². The molecule has 106 valence electrons. The number of hydrogen-bond donors (Lipinski definition) is 1. The number of anilines is 1. The number of rotatable bonds is 4. The highest BCUT2D eigenvalue weighted by Gasteiger charge is 2.17. The van der Waals surface area contributed by atoms with Gasteiger partial charge in [0.05, 0.1) is 11.6 Å². The zero-order valence-electron chi connectivity index (χ0n) is 11.6. The minimum Gasteiger partial charge on any atom is -0.326 e. The maximum atomic E-state index is 11.9. The third-order valence-electron chi connectivity index (χ3n) is 3.26. The third kappa shape index (κ3) is 4.55. The molecule has 1 aromatic rings. The Bertz CT molecular complexity index is 512. The van der Waals surface area contributed by atoms with Crippen LogP contribution in [0.1, 0.15) is 18.9 Å². The Morgan fingerprint density at radius 2 is 2.45 bits per heavy atom. The lowest BCUT2D eigenvalue weighted by Crippen LogP contribution is -2.38. The highest BCUT2D eigenvalue weighted by Crippen LogP contribution is 2.17. The van der Waals surface area contributed by atoms with E-state index in [4.69, 9.17) is 5.26 Å². The number of nitrogens with zero attached hydrogens (tertiary/aromatic N) is 2. The lowest BCUT2D eigenvalue weighted by atomic mass is 10.2. The molecular formula is C15H19N3OS. The summed E-state index contributed by atoms with van der Waals surface area (Å²) in [6, 6.07) is 9.06. The molecular weight excluding hydrogens is 270 g/mol. The average Bonchev–Trinajstić information content (AvgIpc) is 2.45. The van der Waals surface area contributed by atoms with E-state index in [9.17, 15) is 4.79 Å². The molecule has 1 atom stereocenters. The lowest BCUT2D eigenvalue weighted by molar-refractivity contribution is -0.116. The van der Waals surface area contributed by atoms with Crippen molar-refractivity contribution in [1.82, 2.24) is 4.90 Å². The molecule has 0 bridgehead atoms. The molecule has 1 amide bonds. The SMILES string of the molecule is CC1CN(CCC(=O)Nc2cccc(C#N)c2)CCS1. The molecule has 4 nitrogen and oxygen atoms in total. The monoisotopic (exact) mass is 289 g/mol. The van der Waals surface area contributed by atoms with Crippen LogP contribution in [0.3, 0.4) is 0 Å². The first kappa shape index (κ1) is 14.9. The fourth-order valence-corrected chi connectivity index (χ4v) is 3.33. The molecule has 0 spiro atoms. The summed E-state index contributed by atoms with van der Waals surface area (Å²) in [6.07, 6.45) is 0.494. The van der Waals surface area contributed by atoms with Crippen LogP contribution >= 0.6 is 11.8 Å². The van der Waals surface area contributed by atoms with E-state index in [1.807, 2.05) is 11.8 Å². The van der Waals surface area contributed by atoms with Gasteiger partial charge in [-0.1, -0.05) is 13.0 Å². The van der Waals surface area contributed by atoms with Gasteiger partial charge in [-0.25, -0.2) is 0 Å². The van der Waals surface area contributed by atoms with E-state index < -0.39 is 0 Å². The number of carbonyl (C=O) groups excluding carboxylic acids is 1. The standard InChI is InChI=1S/C15H19N3OS/c1-12-11-18(7-8-20-12)6-5-15(19)17-14-4-2-3-13(9-14)10-16/h2-4,9,12H,5-8,11H2,1H3,(H,17,19). The first-order chi connectivity index (χ1) is 9.67. The van der Waals surface area contributed by atoms with Crippen LogP contribution in [0.2, 0.25) is 0 Å². The molecule has 2 rings (SSSR count). The average molecular weight is 289 g/mol. The van der Waals surface area contributed by atoms with Crippen molar-refractivity contribution >= 4 is 23.4 Å². The quantitative estimate of drug-likeness (QED) is 0.924. The predicted octanol–water partition coefficient (Wildman–Crippen LogP) is 2.32. The maximum absolute atomic E-state index is 11.9. The molecule has 1 unspecified atom stereocenters. The van der Waals surface area contributed by atoms with Gasteiger partial charge in [0.1, 0.15) is 0 Å². The molecule has 1 aliphatic rings. The molecule has 1 fully saturated rings. The number of carbonyl (C=O) groups is 1. The molecule has 0 saturated carbocycles. The normalized spacial score (nSPS) is 19.3. The van der Waals surface area contributed by atoms with Crippen molar-refractivity contribution in [3.05, 3.63) is 29.8 Å². The summed E-state index contributed by atoms with van der Waals surface area (Å²) < 4.78 is 0. The number of hydrogen-bond acceptors (Lipinski definition) is 4. The van der Waals surface area contributed by atoms with Crippen LogP contribution in [-0.4, -0.2) is 41.4 Å². The molecule has 20 heavy (non-hydrogen) atoms. The zero-order chi connectivity index (χ0) is 14.4. The highest BCUT2D eigenvalue weighted by atomic mass is 32.2. The van der Waals surface area contributed by atoms with E-state index in [0.717, 1.165) is 25.4 Å². The summed E-state index contributed by atoms with van der Waals surface area (Å²) in [4.78, 5) is 14.3. The molecule has 5 heteroatoms. The van der Waals surface area contributed by atoms with E-state index >= 15 is 0 Å². The number of benzene rings is 1. The van der Waals surface area contributed by atoms with Gasteiger partial charge >= 0.3 is 0 Å².